The molecular weight excluding hydrogens is 368 g/mol. The monoisotopic (exact) mass is 396 g/mol. The maximum absolute atomic E-state index is 12.3. The Balaban J connectivity index is 1.34. The minimum Gasteiger partial charge on any atom is -0.497 e. The van der Waals surface area contributed by atoms with E-state index in [2.05, 4.69) is 10.6 Å². The van der Waals surface area contributed by atoms with Gasteiger partial charge in [-0.25, -0.2) is 0 Å². The van der Waals surface area contributed by atoms with Gasteiger partial charge in [-0.3, -0.25) is 9.59 Å². The van der Waals surface area contributed by atoms with E-state index in [1.54, 1.807) is 14.2 Å². The van der Waals surface area contributed by atoms with Crippen molar-refractivity contribution < 1.29 is 19.1 Å². The van der Waals surface area contributed by atoms with Gasteiger partial charge in [0, 0.05) is 13.1 Å². The van der Waals surface area contributed by atoms with Gasteiger partial charge in [0.2, 0.25) is 11.8 Å². The van der Waals surface area contributed by atoms with Crippen LogP contribution in [0.25, 0.3) is 0 Å². The van der Waals surface area contributed by atoms with Crippen LogP contribution >= 0.6 is 0 Å². The molecule has 6 nitrogen and oxygen atoms in total. The third-order valence-electron chi connectivity index (χ3n) is 5.16. The fraction of sp³-hybridized carbons (Fsp3) is 0.391. The maximum atomic E-state index is 12.3. The van der Waals surface area contributed by atoms with Gasteiger partial charge in [0.1, 0.15) is 11.5 Å². The molecule has 2 aromatic rings. The Kier molecular flexibility index (Phi) is 7.11. The molecule has 0 aromatic heterocycles. The smallest absolute Gasteiger partial charge is 0.223 e. The van der Waals surface area contributed by atoms with Gasteiger partial charge in [-0.15, -0.1) is 0 Å². The second-order valence-corrected chi connectivity index (χ2v) is 7.23. The summed E-state index contributed by atoms with van der Waals surface area (Å²) in [6, 6.07) is 15.6. The number of rotatable bonds is 10. The highest BCUT2D eigenvalue weighted by molar-refractivity contribution is 5.92. The lowest BCUT2D eigenvalue weighted by Gasteiger charge is -2.08. The number of hydrogen-bond donors (Lipinski definition) is 2. The van der Waals surface area contributed by atoms with Crippen LogP contribution in [0.4, 0.5) is 0 Å². The second-order valence-electron chi connectivity index (χ2n) is 7.23. The average Bonchev–Trinajstić information content (AvgIpc) is 3.55. The quantitative estimate of drug-likeness (QED) is 0.646. The summed E-state index contributed by atoms with van der Waals surface area (Å²) >= 11 is 0. The molecule has 2 amide bonds. The summed E-state index contributed by atoms with van der Waals surface area (Å²) in [4.78, 5) is 24.5. The van der Waals surface area contributed by atoms with Crippen LogP contribution in [-0.2, 0) is 22.4 Å². The highest BCUT2D eigenvalue weighted by Gasteiger charge is 2.47. The molecule has 1 aliphatic rings. The summed E-state index contributed by atoms with van der Waals surface area (Å²) in [5, 5.41) is 5.87. The van der Waals surface area contributed by atoms with Crippen LogP contribution in [0.15, 0.2) is 48.5 Å². The summed E-state index contributed by atoms with van der Waals surface area (Å²) in [7, 11) is 3.27. The maximum Gasteiger partial charge on any atom is 0.223 e. The third-order valence-corrected chi connectivity index (χ3v) is 5.16. The van der Waals surface area contributed by atoms with Gasteiger partial charge in [0.25, 0.3) is 0 Å². The topological polar surface area (TPSA) is 76.7 Å². The number of amides is 2. The van der Waals surface area contributed by atoms with E-state index in [-0.39, 0.29) is 23.7 Å². The Morgan fingerprint density at radius 2 is 1.28 bits per heavy atom. The Hall–Kier alpha value is -3.02. The van der Waals surface area contributed by atoms with E-state index in [1.165, 1.54) is 0 Å². The van der Waals surface area contributed by atoms with Crippen LogP contribution in [0.3, 0.4) is 0 Å². The molecule has 2 N–H and O–H groups in total. The van der Waals surface area contributed by atoms with Gasteiger partial charge >= 0.3 is 0 Å². The molecule has 6 heteroatoms. The van der Waals surface area contributed by atoms with Gasteiger partial charge < -0.3 is 20.1 Å². The van der Waals surface area contributed by atoms with Crippen molar-refractivity contribution in [2.24, 2.45) is 11.8 Å². The van der Waals surface area contributed by atoms with Crippen LogP contribution in [0.1, 0.15) is 17.5 Å². The molecule has 0 spiro atoms. The molecule has 0 radical (unpaired) electrons. The summed E-state index contributed by atoms with van der Waals surface area (Å²) in [5.74, 6) is 1.11. The van der Waals surface area contributed by atoms with Crippen molar-refractivity contribution >= 4 is 11.8 Å². The molecule has 0 saturated heterocycles. The lowest BCUT2D eigenvalue weighted by molar-refractivity contribution is -0.127. The molecule has 0 bridgehead atoms. The van der Waals surface area contributed by atoms with Crippen LogP contribution in [0.5, 0.6) is 11.5 Å². The van der Waals surface area contributed by atoms with E-state index in [4.69, 9.17) is 9.47 Å². The first kappa shape index (κ1) is 20.7. The summed E-state index contributed by atoms with van der Waals surface area (Å²) in [5.41, 5.74) is 2.21. The van der Waals surface area contributed by atoms with E-state index in [0.29, 0.717) is 19.5 Å². The third kappa shape index (κ3) is 5.98. The first-order valence-electron chi connectivity index (χ1n) is 9.92. The van der Waals surface area contributed by atoms with Crippen molar-refractivity contribution in [1.29, 1.82) is 0 Å². The molecule has 3 rings (SSSR count). The molecule has 154 valence electrons. The Bertz CT molecular complexity index is 783. The standard InChI is InChI=1S/C23H28N2O4/c1-28-18-7-3-5-16(13-18)9-11-24-22(26)20-15-21(20)23(27)25-12-10-17-6-4-8-19(14-17)29-2/h3-8,13-14,20-21H,9-12,15H2,1-2H3,(H,24,26)(H,25,27). The summed E-state index contributed by atoms with van der Waals surface area (Å²) in [6.07, 6.45) is 2.08. The van der Waals surface area contributed by atoms with Crippen molar-refractivity contribution in [3.8, 4) is 11.5 Å². The summed E-state index contributed by atoms with van der Waals surface area (Å²) in [6.45, 7) is 1.10. The molecule has 1 fully saturated rings. The largest absolute Gasteiger partial charge is 0.497 e. The van der Waals surface area contributed by atoms with E-state index in [1.807, 2.05) is 48.5 Å². The van der Waals surface area contributed by atoms with Gasteiger partial charge in [-0.1, -0.05) is 24.3 Å². The number of carbonyl (C=O) groups is 2. The molecule has 2 aromatic carbocycles. The lowest BCUT2D eigenvalue weighted by Crippen LogP contribution is -2.32. The van der Waals surface area contributed by atoms with E-state index in [9.17, 15) is 9.59 Å². The SMILES string of the molecule is COc1cccc(CCNC(=O)C2CC2C(=O)NCCc2cccc(OC)c2)c1. The van der Waals surface area contributed by atoms with Crippen molar-refractivity contribution in [2.75, 3.05) is 27.3 Å². The van der Waals surface area contributed by atoms with Crippen LogP contribution in [0, 0.1) is 11.8 Å². The number of methoxy groups -OCH3 is 2. The number of benzene rings is 2. The molecule has 1 aliphatic carbocycles. The summed E-state index contributed by atoms with van der Waals surface area (Å²) < 4.78 is 10.4. The van der Waals surface area contributed by atoms with Gasteiger partial charge in [-0.05, 0) is 54.7 Å². The van der Waals surface area contributed by atoms with Crippen LogP contribution in [0.2, 0.25) is 0 Å². The predicted octanol–water partition coefficient (Wildman–Crippen LogP) is 2.36. The zero-order valence-electron chi connectivity index (χ0n) is 16.9. The average molecular weight is 396 g/mol. The van der Waals surface area contributed by atoms with Crippen molar-refractivity contribution in [2.45, 2.75) is 19.3 Å². The minimum atomic E-state index is -0.211. The molecule has 1 saturated carbocycles. The molecule has 0 aliphatic heterocycles. The van der Waals surface area contributed by atoms with E-state index < -0.39 is 0 Å². The fourth-order valence-electron chi connectivity index (χ4n) is 3.35. The zero-order chi connectivity index (χ0) is 20.6. The van der Waals surface area contributed by atoms with Crippen molar-refractivity contribution in [3.05, 3.63) is 59.7 Å². The fourth-order valence-corrected chi connectivity index (χ4v) is 3.35. The zero-order valence-corrected chi connectivity index (χ0v) is 16.9. The first-order valence-corrected chi connectivity index (χ1v) is 9.92. The van der Waals surface area contributed by atoms with E-state index in [0.717, 1.165) is 35.5 Å². The predicted molar refractivity (Wildman–Crippen MR) is 111 cm³/mol. The molecular formula is C23H28N2O4. The van der Waals surface area contributed by atoms with Crippen molar-refractivity contribution in [3.63, 3.8) is 0 Å². The number of hydrogen-bond acceptors (Lipinski definition) is 4. The van der Waals surface area contributed by atoms with Crippen LogP contribution in [-0.4, -0.2) is 39.1 Å². The van der Waals surface area contributed by atoms with E-state index >= 15 is 0 Å². The highest BCUT2D eigenvalue weighted by atomic mass is 16.5. The molecule has 2 unspecified atom stereocenters. The van der Waals surface area contributed by atoms with Gasteiger partial charge in [0.05, 0.1) is 26.1 Å². The second kappa shape index (κ2) is 9.96. The normalized spacial score (nSPS) is 17.3. The van der Waals surface area contributed by atoms with Gasteiger partial charge in [-0.2, -0.15) is 0 Å². The molecule has 2 atom stereocenters. The number of carbonyl (C=O) groups excluding carboxylic acids is 2. The molecule has 0 heterocycles. The Morgan fingerprint density at radius 1 is 0.828 bits per heavy atom. The molecule has 29 heavy (non-hydrogen) atoms. The number of nitrogens with one attached hydrogen (secondary N) is 2. The Morgan fingerprint density at radius 3 is 1.69 bits per heavy atom. The lowest BCUT2D eigenvalue weighted by atomic mass is 10.1. The first-order chi connectivity index (χ1) is 14.1. The number of ether oxygens (including phenoxy) is 2. The van der Waals surface area contributed by atoms with Crippen LogP contribution < -0.4 is 20.1 Å². The van der Waals surface area contributed by atoms with Crippen molar-refractivity contribution in [1.82, 2.24) is 10.6 Å². The minimum absolute atomic E-state index is 0.0409. The highest BCUT2D eigenvalue weighted by Crippen LogP contribution is 2.38. The Labute approximate surface area is 171 Å². The van der Waals surface area contributed by atoms with Gasteiger partial charge in [0.15, 0.2) is 0 Å².